The summed E-state index contributed by atoms with van der Waals surface area (Å²) in [5, 5.41) is 0. The Bertz CT molecular complexity index is 1040. The van der Waals surface area contributed by atoms with Gasteiger partial charge in [0.25, 0.3) is 0 Å². The van der Waals surface area contributed by atoms with Crippen molar-refractivity contribution in [1.29, 1.82) is 0 Å². The molecule has 0 aliphatic rings. The molecule has 0 radical (unpaired) electrons. The summed E-state index contributed by atoms with van der Waals surface area (Å²) in [5.41, 5.74) is 2.04. The number of ether oxygens (including phenoxy) is 1. The number of carbonyl (C=O) groups excluding carboxylic acids is 1. The van der Waals surface area contributed by atoms with Crippen LogP contribution in [0, 0.1) is 24.7 Å². The fraction of sp³-hybridized carbons (Fsp3) is 0.375. The lowest BCUT2D eigenvalue weighted by atomic mass is 10.1. The molecule has 0 heterocycles. The van der Waals surface area contributed by atoms with E-state index in [0.29, 0.717) is 5.56 Å². The van der Waals surface area contributed by atoms with Crippen LogP contribution in [0.2, 0.25) is 0 Å². The lowest BCUT2D eigenvalue weighted by molar-refractivity contribution is -0.158. The minimum absolute atomic E-state index is 0.0672. The van der Waals surface area contributed by atoms with Gasteiger partial charge >= 0.3 is 5.97 Å². The van der Waals surface area contributed by atoms with Crippen LogP contribution >= 0.6 is 0 Å². The number of benzene rings is 2. The van der Waals surface area contributed by atoms with Crippen molar-refractivity contribution in [3.05, 3.63) is 65.2 Å². The normalized spacial score (nSPS) is 12.8. The summed E-state index contributed by atoms with van der Waals surface area (Å²) in [6.07, 6.45) is 0. The van der Waals surface area contributed by atoms with Gasteiger partial charge in [-0.3, -0.25) is 4.79 Å². The van der Waals surface area contributed by atoms with Crippen molar-refractivity contribution in [3.8, 4) is 11.8 Å². The predicted molar refractivity (Wildman–Crippen MR) is 118 cm³/mol. The molecule has 0 fully saturated rings. The van der Waals surface area contributed by atoms with Gasteiger partial charge in [0.1, 0.15) is 11.6 Å². The van der Waals surface area contributed by atoms with Gasteiger partial charge in [0.05, 0.1) is 4.90 Å². The monoisotopic (exact) mass is 427 g/mol. The second-order valence-electron chi connectivity index (χ2n) is 8.52. The molecular formula is C24H29NO4S. The van der Waals surface area contributed by atoms with Crippen molar-refractivity contribution in [2.75, 3.05) is 0 Å². The molecule has 2 rings (SSSR count). The van der Waals surface area contributed by atoms with Crippen molar-refractivity contribution in [2.24, 2.45) is 5.92 Å². The number of hydrogen-bond acceptors (Lipinski definition) is 4. The van der Waals surface area contributed by atoms with Crippen molar-refractivity contribution >= 4 is 16.0 Å². The average molecular weight is 428 g/mol. The summed E-state index contributed by atoms with van der Waals surface area (Å²) in [6, 6.07) is 13.1. The molecule has 0 aliphatic heterocycles. The van der Waals surface area contributed by atoms with Gasteiger partial charge in [0.2, 0.25) is 10.0 Å². The minimum atomic E-state index is -3.89. The van der Waals surface area contributed by atoms with E-state index in [9.17, 15) is 13.2 Å². The van der Waals surface area contributed by atoms with Crippen molar-refractivity contribution in [2.45, 2.75) is 58.1 Å². The smallest absolute Gasteiger partial charge is 0.324 e. The molecule has 0 bridgehead atoms. The van der Waals surface area contributed by atoms with Crippen LogP contribution in [0.1, 0.15) is 51.3 Å². The van der Waals surface area contributed by atoms with E-state index in [2.05, 4.69) is 16.6 Å². The maximum atomic E-state index is 12.8. The number of rotatable bonds is 5. The van der Waals surface area contributed by atoms with Gasteiger partial charge in [-0.05, 0) is 70.0 Å². The molecule has 0 unspecified atom stereocenters. The van der Waals surface area contributed by atoms with Crippen molar-refractivity contribution in [3.63, 3.8) is 0 Å². The summed E-state index contributed by atoms with van der Waals surface area (Å²) < 4.78 is 33.4. The standard InChI is InChI=1S/C24H29NO4S/c1-17(2)22(23(26)29-24(4,5)6)25-30(27,28)21-15-13-20(14-16-21)12-11-19-9-7-18(3)8-10-19/h7-10,13-17,22,25H,1-6H3/t22-/m1/s1. The highest BCUT2D eigenvalue weighted by molar-refractivity contribution is 7.89. The van der Waals surface area contributed by atoms with Crippen LogP contribution in [0.5, 0.6) is 0 Å². The molecule has 6 heteroatoms. The first-order valence-electron chi connectivity index (χ1n) is 9.81. The van der Waals surface area contributed by atoms with Gasteiger partial charge in [-0.2, -0.15) is 4.72 Å². The van der Waals surface area contributed by atoms with E-state index in [4.69, 9.17) is 4.74 Å². The number of nitrogens with one attached hydrogen (secondary N) is 1. The van der Waals surface area contributed by atoms with E-state index >= 15 is 0 Å². The first-order chi connectivity index (χ1) is 13.9. The van der Waals surface area contributed by atoms with Crippen LogP contribution in [0.3, 0.4) is 0 Å². The molecule has 1 N–H and O–H groups in total. The molecule has 30 heavy (non-hydrogen) atoms. The summed E-state index contributed by atoms with van der Waals surface area (Å²) in [6.45, 7) is 10.8. The zero-order chi connectivity index (χ0) is 22.5. The highest BCUT2D eigenvalue weighted by Gasteiger charge is 2.32. The lowest BCUT2D eigenvalue weighted by Gasteiger charge is -2.26. The average Bonchev–Trinajstić information content (AvgIpc) is 2.64. The second-order valence-corrected chi connectivity index (χ2v) is 10.2. The van der Waals surface area contributed by atoms with Crippen LogP contribution < -0.4 is 4.72 Å². The molecule has 0 saturated heterocycles. The summed E-state index contributed by atoms with van der Waals surface area (Å²) >= 11 is 0. The molecule has 0 spiro atoms. The third-order valence-corrected chi connectivity index (χ3v) is 5.63. The molecule has 160 valence electrons. The van der Waals surface area contributed by atoms with E-state index < -0.39 is 27.6 Å². The summed E-state index contributed by atoms with van der Waals surface area (Å²) in [4.78, 5) is 12.5. The second kappa shape index (κ2) is 9.46. The molecular weight excluding hydrogens is 398 g/mol. The maximum absolute atomic E-state index is 12.8. The minimum Gasteiger partial charge on any atom is -0.459 e. The van der Waals surface area contributed by atoms with Crippen LogP contribution in [0.4, 0.5) is 0 Å². The maximum Gasteiger partial charge on any atom is 0.324 e. The Morgan fingerprint density at radius 1 is 0.933 bits per heavy atom. The van der Waals surface area contributed by atoms with Gasteiger partial charge in [-0.25, -0.2) is 8.42 Å². The number of sulfonamides is 1. The van der Waals surface area contributed by atoms with E-state index in [1.165, 1.54) is 12.1 Å². The first-order valence-corrected chi connectivity index (χ1v) is 11.3. The zero-order valence-corrected chi connectivity index (χ0v) is 19.1. The Kier molecular flexibility index (Phi) is 7.46. The highest BCUT2D eigenvalue weighted by atomic mass is 32.2. The zero-order valence-electron chi connectivity index (χ0n) is 18.3. The Hall–Kier alpha value is -2.62. The van der Waals surface area contributed by atoms with E-state index in [-0.39, 0.29) is 10.8 Å². The van der Waals surface area contributed by atoms with Crippen molar-refractivity contribution < 1.29 is 17.9 Å². The fourth-order valence-electron chi connectivity index (χ4n) is 2.56. The van der Waals surface area contributed by atoms with E-state index in [1.807, 2.05) is 31.2 Å². The summed E-state index contributed by atoms with van der Waals surface area (Å²) in [7, 11) is -3.89. The van der Waals surface area contributed by atoms with Crippen LogP contribution in [-0.4, -0.2) is 26.0 Å². The summed E-state index contributed by atoms with van der Waals surface area (Å²) in [5.74, 6) is 5.21. The van der Waals surface area contributed by atoms with Gasteiger partial charge in [0, 0.05) is 11.1 Å². The topological polar surface area (TPSA) is 72.5 Å². The number of aryl methyl sites for hydroxylation is 1. The highest BCUT2D eigenvalue weighted by Crippen LogP contribution is 2.16. The fourth-order valence-corrected chi connectivity index (χ4v) is 3.89. The molecule has 0 saturated carbocycles. The third-order valence-electron chi connectivity index (χ3n) is 4.18. The molecule has 1 atom stereocenters. The molecule has 2 aromatic carbocycles. The van der Waals surface area contributed by atoms with E-state index in [1.54, 1.807) is 46.8 Å². The SMILES string of the molecule is Cc1ccc(C#Cc2ccc(S(=O)(=O)N[C@@H](C(=O)OC(C)(C)C)C(C)C)cc2)cc1. The Labute approximate surface area is 179 Å². The van der Waals surface area contributed by atoms with Crippen LogP contribution in [-0.2, 0) is 19.6 Å². The Balaban J connectivity index is 2.17. The number of esters is 1. The largest absolute Gasteiger partial charge is 0.459 e. The van der Waals surface area contributed by atoms with Crippen LogP contribution in [0.15, 0.2) is 53.4 Å². The van der Waals surface area contributed by atoms with Gasteiger partial charge in [-0.15, -0.1) is 0 Å². The molecule has 0 amide bonds. The molecule has 0 aliphatic carbocycles. The molecule has 2 aromatic rings. The third kappa shape index (κ3) is 7.01. The van der Waals surface area contributed by atoms with Crippen LogP contribution in [0.25, 0.3) is 0 Å². The molecule has 0 aromatic heterocycles. The quantitative estimate of drug-likeness (QED) is 0.577. The number of hydrogen-bond donors (Lipinski definition) is 1. The Morgan fingerprint density at radius 3 is 1.83 bits per heavy atom. The van der Waals surface area contributed by atoms with Gasteiger partial charge < -0.3 is 4.74 Å². The first kappa shape index (κ1) is 23.7. The van der Waals surface area contributed by atoms with Gasteiger partial charge in [-0.1, -0.05) is 43.4 Å². The molecule has 5 nitrogen and oxygen atoms in total. The predicted octanol–water partition coefficient (Wildman–Crippen LogP) is 4.04. The Morgan fingerprint density at radius 2 is 1.40 bits per heavy atom. The number of carbonyl (C=O) groups is 1. The van der Waals surface area contributed by atoms with Crippen molar-refractivity contribution in [1.82, 2.24) is 4.72 Å². The lowest BCUT2D eigenvalue weighted by Crippen LogP contribution is -2.47. The van der Waals surface area contributed by atoms with Gasteiger partial charge in [0.15, 0.2) is 0 Å². The van der Waals surface area contributed by atoms with E-state index in [0.717, 1.165) is 11.1 Å².